The van der Waals surface area contributed by atoms with Gasteiger partial charge in [0.05, 0.1) is 27.7 Å². The molecule has 1 N–H and O–H groups in total. The molecule has 0 fully saturated rings. The zero-order chi connectivity index (χ0) is 54.9. The first-order valence-corrected chi connectivity index (χ1v) is 30.9. The first kappa shape index (κ1) is 71.2. The van der Waals surface area contributed by atoms with E-state index in [0.717, 1.165) is 116 Å². The molecule has 0 rings (SSSR count). The molecule has 75 heavy (non-hydrogen) atoms. The lowest BCUT2D eigenvalue weighted by atomic mass is 10.1. The lowest BCUT2D eigenvalue weighted by Gasteiger charge is -2.24. The molecule has 0 radical (unpaired) electrons. The number of carbonyl (C=O) groups excluding carboxylic acids is 2. The number of hydrogen-bond acceptors (Lipinski definition) is 7. The van der Waals surface area contributed by atoms with E-state index in [1.807, 2.05) is 21.1 Å². The van der Waals surface area contributed by atoms with Crippen LogP contribution >= 0.6 is 7.82 Å². The molecule has 0 saturated carbocycles. The standard InChI is InChI=1S/C65H108NO8P/c1-6-8-10-12-14-16-18-19-20-21-22-23-24-25-26-27-28-29-30-31-32-33-34-35-36-37-38-39-40-41-42-43-44-45-46-47-48-50-52-54-56-58-65(68)74-63(62-73-75(69,70)72-60-59-66(3,4)5)61-71-64(67)57-55-53-51-49-17-15-13-11-9-7-2/h8,10,14,16,19-20,22-23,25-26,28-29,31-32,34-35,37-38,40-41,43-44,63H,6-7,9,11-13,15,17-18,21,24,27,30,33,36,39,42,45-62H2,1-5H3/p+1/b10-8-,16-14-,20-19-,23-22-,26-25-,29-28-,32-31-,35-34-,38-37-,41-40-,44-43-. The van der Waals surface area contributed by atoms with E-state index in [-0.39, 0.29) is 32.0 Å². The Labute approximate surface area is 460 Å². The fraction of sp³-hybridized carbons (Fsp3) is 0.631. The van der Waals surface area contributed by atoms with Crippen LogP contribution in [0, 0.1) is 0 Å². The number of ether oxygens (including phenoxy) is 2. The van der Waals surface area contributed by atoms with Gasteiger partial charge < -0.3 is 18.9 Å². The highest BCUT2D eigenvalue weighted by molar-refractivity contribution is 7.47. The number of quaternary nitrogens is 1. The van der Waals surface area contributed by atoms with Crippen LogP contribution in [0.15, 0.2) is 134 Å². The molecule has 0 aromatic rings. The van der Waals surface area contributed by atoms with Crippen molar-refractivity contribution in [3.63, 3.8) is 0 Å². The summed E-state index contributed by atoms with van der Waals surface area (Å²) in [5, 5.41) is 0. The van der Waals surface area contributed by atoms with Crippen LogP contribution in [-0.2, 0) is 32.7 Å². The Morgan fingerprint density at radius 3 is 1.13 bits per heavy atom. The van der Waals surface area contributed by atoms with Gasteiger partial charge in [-0.1, -0.05) is 237 Å². The molecule has 0 aliphatic rings. The van der Waals surface area contributed by atoms with Gasteiger partial charge in [-0.05, 0) is 96.3 Å². The Bertz CT molecular complexity index is 1730. The predicted octanol–water partition coefficient (Wildman–Crippen LogP) is 18.5. The van der Waals surface area contributed by atoms with Gasteiger partial charge in [0.2, 0.25) is 0 Å². The molecule has 0 aliphatic carbocycles. The van der Waals surface area contributed by atoms with Crippen molar-refractivity contribution >= 4 is 19.8 Å². The molecule has 0 aliphatic heterocycles. The van der Waals surface area contributed by atoms with Crippen molar-refractivity contribution in [1.29, 1.82) is 0 Å². The summed E-state index contributed by atoms with van der Waals surface area (Å²) in [6, 6.07) is 0. The number of rotatable bonds is 52. The van der Waals surface area contributed by atoms with E-state index in [4.69, 9.17) is 18.5 Å². The second-order valence-corrected chi connectivity index (χ2v) is 21.8. The average Bonchev–Trinajstić information content (AvgIpc) is 3.37. The molecule has 0 aromatic heterocycles. The summed E-state index contributed by atoms with van der Waals surface area (Å²) in [6.45, 7) is 4.27. The van der Waals surface area contributed by atoms with Crippen molar-refractivity contribution in [2.75, 3.05) is 47.5 Å². The molecular weight excluding hydrogens is 954 g/mol. The second kappa shape index (κ2) is 54.9. The Morgan fingerprint density at radius 2 is 0.760 bits per heavy atom. The minimum absolute atomic E-state index is 0.0242. The van der Waals surface area contributed by atoms with Gasteiger partial charge >= 0.3 is 19.8 Å². The molecule has 0 heterocycles. The maximum Gasteiger partial charge on any atom is 0.472 e. The smallest absolute Gasteiger partial charge is 0.462 e. The van der Waals surface area contributed by atoms with Gasteiger partial charge in [0.15, 0.2) is 6.10 Å². The lowest BCUT2D eigenvalue weighted by molar-refractivity contribution is -0.870. The molecule has 426 valence electrons. The maximum absolute atomic E-state index is 12.8. The summed E-state index contributed by atoms with van der Waals surface area (Å²) in [5.41, 5.74) is 0. The number of phosphoric acid groups is 1. The summed E-state index contributed by atoms with van der Waals surface area (Å²) >= 11 is 0. The summed E-state index contributed by atoms with van der Waals surface area (Å²) in [4.78, 5) is 35.5. The van der Waals surface area contributed by atoms with E-state index in [9.17, 15) is 19.0 Å². The topological polar surface area (TPSA) is 108 Å². The average molecular weight is 1060 g/mol. The van der Waals surface area contributed by atoms with Gasteiger partial charge in [0, 0.05) is 12.8 Å². The number of allylic oxidation sites excluding steroid dienone is 22. The van der Waals surface area contributed by atoms with Crippen molar-refractivity contribution in [1.82, 2.24) is 0 Å². The molecule has 2 atom stereocenters. The Kier molecular flexibility index (Phi) is 52.1. The Balaban J connectivity index is 4.09. The molecule has 0 saturated heterocycles. The number of likely N-dealkylation sites (N-methyl/N-ethyl adjacent to an activating group) is 1. The zero-order valence-electron chi connectivity index (χ0n) is 48.2. The van der Waals surface area contributed by atoms with Gasteiger partial charge in [-0.3, -0.25) is 18.6 Å². The normalized spacial score (nSPS) is 14.3. The zero-order valence-corrected chi connectivity index (χ0v) is 49.1. The van der Waals surface area contributed by atoms with Crippen molar-refractivity contribution < 1.29 is 42.1 Å². The third-order valence-corrected chi connectivity index (χ3v) is 12.9. The van der Waals surface area contributed by atoms with E-state index < -0.39 is 26.5 Å². The number of hydrogen-bond donors (Lipinski definition) is 1. The van der Waals surface area contributed by atoms with Gasteiger partial charge in [-0.25, -0.2) is 4.57 Å². The summed E-state index contributed by atoms with van der Waals surface area (Å²) < 4.78 is 34.4. The second-order valence-electron chi connectivity index (χ2n) is 20.3. The first-order chi connectivity index (χ1) is 36.5. The van der Waals surface area contributed by atoms with Crippen LogP contribution in [0.25, 0.3) is 0 Å². The van der Waals surface area contributed by atoms with Crippen LogP contribution < -0.4 is 0 Å². The number of esters is 2. The highest BCUT2D eigenvalue weighted by Crippen LogP contribution is 2.43. The number of nitrogens with zero attached hydrogens (tertiary/aromatic N) is 1. The third-order valence-electron chi connectivity index (χ3n) is 11.9. The van der Waals surface area contributed by atoms with Gasteiger partial charge in [-0.15, -0.1) is 0 Å². The quantitative estimate of drug-likeness (QED) is 0.0211. The monoisotopic (exact) mass is 1060 g/mol. The van der Waals surface area contributed by atoms with E-state index in [1.54, 1.807) is 0 Å². The number of carbonyl (C=O) groups is 2. The molecule has 10 heteroatoms. The number of unbranched alkanes of at least 4 members (excludes halogenated alkanes) is 16. The highest BCUT2D eigenvalue weighted by atomic mass is 31.2. The van der Waals surface area contributed by atoms with Crippen molar-refractivity contribution in [2.24, 2.45) is 0 Å². The Morgan fingerprint density at radius 1 is 0.427 bits per heavy atom. The summed E-state index contributed by atoms with van der Waals surface area (Å²) in [6.07, 6.45) is 79.7. The van der Waals surface area contributed by atoms with Crippen LogP contribution in [-0.4, -0.2) is 74.9 Å². The van der Waals surface area contributed by atoms with Crippen molar-refractivity contribution in [2.45, 2.75) is 219 Å². The first-order valence-electron chi connectivity index (χ1n) is 29.4. The van der Waals surface area contributed by atoms with Gasteiger partial charge in [0.1, 0.15) is 19.8 Å². The van der Waals surface area contributed by atoms with Crippen molar-refractivity contribution in [3.05, 3.63) is 134 Å². The highest BCUT2D eigenvalue weighted by Gasteiger charge is 2.27. The van der Waals surface area contributed by atoms with E-state index in [1.165, 1.54) is 64.2 Å². The van der Waals surface area contributed by atoms with Crippen LogP contribution in [0.3, 0.4) is 0 Å². The minimum atomic E-state index is -4.39. The summed E-state index contributed by atoms with van der Waals surface area (Å²) in [5.74, 6) is -0.819. The molecule has 9 nitrogen and oxygen atoms in total. The fourth-order valence-electron chi connectivity index (χ4n) is 7.43. The SMILES string of the molecule is CC/C=C\C/C=C\C/C=C\C/C=C\C/C=C\C/C=C\C/C=C\C/C=C\C/C=C\C/C=C\C/C=C\CCCCCCCCCC(=O)OC(COC(=O)CCCCCCCCCCCC)COP(=O)(O)OCC[N+](C)(C)C. The lowest BCUT2D eigenvalue weighted by Crippen LogP contribution is -2.37. The van der Waals surface area contributed by atoms with Crippen molar-refractivity contribution in [3.8, 4) is 0 Å². The molecule has 0 aromatic carbocycles. The van der Waals surface area contributed by atoms with Crippen LogP contribution in [0.2, 0.25) is 0 Å². The van der Waals surface area contributed by atoms with E-state index >= 15 is 0 Å². The Hall–Kier alpha value is -3.85. The summed E-state index contributed by atoms with van der Waals surface area (Å²) in [7, 11) is 1.45. The van der Waals surface area contributed by atoms with Crippen LogP contribution in [0.1, 0.15) is 213 Å². The molecule has 2 unspecified atom stereocenters. The third kappa shape index (κ3) is 59.3. The van der Waals surface area contributed by atoms with Gasteiger partial charge in [-0.2, -0.15) is 0 Å². The van der Waals surface area contributed by atoms with Gasteiger partial charge in [0.25, 0.3) is 0 Å². The maximum atomic E-state index is 12.8. The molecule has 0 bridgehead atoms. The molecular formula is C65H109NO8P+. The minimum Gasteiger partial charge on any atom is -0.462 e. The van der Waals surface area contributed by atoms with E-state index in [0.29, 0.717) is 17.4 Å². The molecule has 0 amide bonds. The number of phosphoric ester groups is 1. The molecule has 0 spiro atoms. The van der Waals surface area contributed by atoms with E-state index in [2.05, 4.69) is 148 Å². The van der Waals surface area contributed by atoms with Crippen LogP contribution in [0.4, 0.5) is 0 Å². The van der Waals surface area contributed by atoms with Crippen LogP contribution in [0.5, 0.6) is 0 Å². The predicted molar refractivity (Wildman–Crippen MR) is 320 cm³/mol. The fourth-order valence-corrected chi connectivity index (χ4v) is 8.17. The largest absolute Gasteiger partial charge is 0.472 e.